The summed E-state index contributed by atoms with van der Waals surface area (Å²) in [5.74, 6) is 21.1. The summed E-state index contributed by atoms with van der Waals surface area (Å²) in [5.41, 5.74) is 0.248. The van der Waals surface area contributed by atoms with Gasteiger partial charge in [-0.2, -0.15) is 5.26 Å². The Labute approximate surface area is 129 Å². The van der Waals surface area contributed by atoms with Crippen molar-refractivity contribution in [2.24, 2.45) is 118 Å². The molecular formula is C21H19N. The summed E-state index contributed by atoms with van der Waals surface area (Å²) in [6.45, 7) is 0. The monoisotopic (exact) mass is 285 g/mol. The van der Waals surface area contributed by atoms with E-state index < -0.39 is 0 Å². The topological polar surface area (TPSA) is 23.8 Å². The quantitative estimate of drug-likeness (QED) is 0.670. The maximum atomic E-state index is 10.5. The molecule has 12 fully saturated rings. The Morgan fingerprint density at radius 2 is 0.636 bits per heavy atom. The molecule has 12 aliphatic rings. The lowest BCUT2D eigenvalue weighted by Gasteiger charge is -2.33. The van der Waals surface area contributed by atoms with Crippen LogP contribution in [0.25, 0.3) is 0 Å². The first-order chi connectivity index (χ1) is 10.9. The van der Waals surface area contributed by atoms with Crippen LogP contribution in [0.3, 0.4) is 0 Å². The van der Waals surface area contributed by atoms with Gasteiger partial charge in [-0.05, 0) is 112 Å². The summed E-state index contributed by atoms with van der Waals surface area (Å²) in [6.07, 6.45) is 0. The third kappa shape index (κ3) is 0.404. The van der Waals surface area contributed by atoms with Gasteiger partial charge >= 0.3 is 0 Å². The smallest absolute Gasteiger partial charge is 0.0699 e. The Kier molecular flexibility index (Phi) is 0.799. The van der Waals surface area contributed by atoms with E-state index in [1.54, 1.807) is 0 Å². The molecule has 12 aliphatic carbocycles. The van der Waals surface area contributed by atoms with Crippen LogP contribution in [-0.2, 0) is 0 Å². The van der Waals surface area contributed by atoms with Crippen molar-refractivity contribution in [3.63, 3.8) is 0 Å². The SMILES string of the molecule is N#CC12C3[C@@H]4[C@@H]5C6C7C8[C@@H]9[C@@H]6[C@@H]4C1[C@@H]9[C@@H]1C2[C@H]2[C@@H](C7[C@@H]5[C@@H]32)[C@H]81. The van der Waals surface area contributed by atoms with Crippen molar-refractivity contribution in [3.05, 3.63) is 0 Å². The average Bonchev–Trinajstić information content (AvgIpc) is 3.18. The second-order valence-electron chi connectivity index (χ2n) is 11.9. The van der Waals surface area contributed by atoms with Crippen LogP contribution in [0.2, 0.25) is 0 Å². The van der Waals surface area contributed by atoms with Crippen molar-refractivity contribution >= 4 is 0 Å². The van der Waals surface area contributed by atoms with E-state index >= 15 is 0 Å². The Bertz CT molecular complexity index is 691. The predicted octanol–water partition coefficient (Wildman–Crippen LogP) is 2.35. The standard InChI is InChI=1S/C21H19N/c22-1-21-18-12-6-3-2-4-8(6)14(18)16-10(4)11-5(2)9-7(3)13(12)19(21)15(9)17(11)20(16)21/h2-20H/t2?,3?,4?,5?,6-,7-,8-,9+,10+,11+,12-,13+,14+,15+,16-,17-,18?,19?,20?,21?/m0/s1. The summed E-state index contributed by atoms with van der Waals surface area (Å²) in [7, 11) is 0. The Morgan fingerprint density at radius 3 is 0.864 bits per heavy atom. The summed E-state index contributed by atoms with van der Waals surface area (Å²) >= 11 is 0. The number of rotatable bonds is 0. The van der Waals surface area contributed by atoms with Crippen LogP contribution in [0, 0.1) is 129 Å². The highest BCUT2D eigenvalue weighted by Crippen LogP contribution is 3.04. The minimum atomic E-state index is 0.248. The fourth-order valence-electron chi connectivity index (χ4n) is 15.7. The molecule has 0 aromatic heterocycles. The Hall–Kier alpha value is -0.510. The van der Waals surface area contributed by atoms with E-state index in [2.05, 4.69) is 6.07 Å². The first kappa shape index (κ1) is 9.10. The van der Waals surface area contributed by atoms with Gasteiger partial charge in [0, 0.05) is 0 Å². The number of hydrogen-bond acceptors (Lipinski definition) is 1. The maximum Gasteiger partial charge on any atom is 0.0699 e. The highest BCUT2D eigenvalue weighted by Gasteiger charge is 3.02. The third-order valence-electron chi connectivity index (χ3n) is 13.7. The van der Waals surface area contributed by atoms with Gasteiger partial charge in [0.1, 0.15) is 0 Å². The fraction of sp³-hybridized carbons (Fsp3) is 0.952. The lowest BCUT2D eigenvalue weighted by Crippen LogP contribution is -2.34. The molecule has 0 amide bonds. The molecule has 12 saturated carbocycles. The van der Waals surface area contributed by atoms with Gasteiger partial charge in [0.25, 0.3) is 0 Å². The van der Waals surface area contributed by atoms with Gasteiger partial charge in [-0.25, -0.2) is 0 Å². The largest absolute Gasteiger partial charge is 0.198 e. The Balaban J connectivity index is 1.48. The lowest BCUT2D eigenvalue weighted by atomic mass is 9.67. The molecule has 0 aromatic carbocycles. The molecule has 22 heavy (non-hydrogen) atoms. The van der Waals surface area contributed by atoms with Crippen LogP contribution in [0.1, 0.15) is 0 Å². The van der Waals surface area contributed by atoms with Crippen LogP contribution in [0.5, 0.6) is 0 Å². The van der Waals surface area contributed by atoms with Gasteiger partial charge in [0.15, 0.2) is 0 Å². The molecule has 1 nitrogen and oxygen atoms in total. The predicted molar refractivity (Wildman–Crippen MR) is 74.4 cm³/mol. The van der Waals surface area contributed by atoms with Gasteiger partial charge in [-0.15, -0.1) is 0 Å². The molecule has 1 heteroatoms. The molecule has 0 radical (unpaired) electrons. The zero-order chi connectivity index (χ0) is 13.2. The van der Waals surface area contributed by atoms with E-state index in [1.165, 1.54) is 23.7 Å². The molecule has 0 heterocycles. The van der Waals surface area contributed by atoms with E-state index in [0.29, 0.717) is 0 Å². The van der Waals surface area contributed by atoms with Crippen LogP contribution in [-0.4, -0.2) is 0 Å². The fourth-order valence-corrected chi connectivity index (χ4v) is 15.7. The summed E-state index contributed by atoms with van der Waals surface area (Å²) in [4.78, 5) is 0. The van der Waals surface area contributed by atoms with Crippen molar-refractivity contribution in [1.29, 1.82) is 5.26 Å². The van der Waals surface area contributed by atoms with Crippen LogP contribution in [0.4, 0.5) is 0 Å². The number of hydrogen-bond donors (Lipinski definition) is 0. The third-order valence-corrected chi connectivity index (χ3v) is 13.7. The van der Waals surface area contributed by atoms with E-state index in [4.69, 9.17) is 0 Å². The van der Waals surface area contributed by atoms with Crippen molar-refractivity contribution in [2.75, 3.05) is 0 Å². The van der Waals surface area contributed by atoms with E-state index in [-0.39, 0.29) is 5.41 Å². The number of nitrogens with zero attached hydrogens (tertiary/aromatic N) is 1. The molecule has 108 valence electrons. The van der Waals surface area contributed by atoms with Gasteiger partial charge in [0.2, 0.25) is 0 Å². The van der Waals surface area contributed by atoms with Crippen LogP contribution in [0.15, 0.2) is 0 Å². The molecule has 0 N–H and O–H groups in total. The van der Waals surface area contributed by atoms with E-state index in [1.807, 2.05) is 0 Å². The van der Waals surface area contributed by atoms with E-state index in [9.17, 15) is 5.26 Å². The van der Waals surface area contributed by atoms with Gasteiger partial charge in [0.05, 0.1) is 11.5 Å². The summed E-state index contributed by atoms with van der Waals surface area (Å²) in [6, 6.07) is 3.16. The minimum Gasteiger partial charge on any atom is -0.198 e. The lowest BCUT2D eigenvalue weighted by molar-refractivity contribution is 0.142. The highest BCUT2D eigenvalue weighted by atomic mass is 15.1. The first-order valence-corrected chi connectivity index (χ1v) is 10.3. The van der Waals surface area contributed by atoms with Gasteiger partial charge < -0.3 is 0 Å². The Morgan fingerprint density at radius 1 is 0.409 bits per heavy atom. The molecule has 0 spiro atoms. The van der Waals surface area contributed by atoms with Crippen molar-refractivity contribution in [1.82, 2.24) is 0 Å². The first-order valence-electron chi connectivity index (χ1n) is 10.3. The van der Waals surface area contributed by atoms with E-state index in [0.717, 1.165) is 88.8 Å². The van der Waals surface area contributed by atoms with Gasteiger partial charge in [-0.1, -0.05) is 0 Å². The highest BCUT2D eigenvalue weighted by molar-refractivity contribution is 5.50. The van der Waals surface area contributed by atoms with Crippen LogP contribution < -0.4 is 0 Å². The molecule has 0 saturated heterocycles. The van der Waals surface area contributed by atoms with Crippen molar-refractivity contribution < 1.29 is 0 Å². The molecular weight excluding hydrogens is 266 g/mol. The maximum absolute atomic E-state index is 10.5. The molecule has 12 rings (SSSR count). The summed E-state index contributed by atoms with van der Waals surface area (Å²) in [5, 5.41) is 10.5. The second kappa shape index (κ2) is 1.93. The summed E-state index contributed by atoms with van der Waals surface area (Å²) < 4.78 is 0. The molecule has 8 unspecified atom stereocenters. The zero-order valence-corrected chi connectivity index (χ0v) is 12.4. The zero-order valence-electron chi connectivity index (χ0n) is 12.4. The second-order valence-corrected chi connectivity index (χ2v) is 11.9. The van der Waals surface area contributed by atoms with Crippen LogP contribution >= 0.6 is 0 Å². The average molecular weight is 285 g/mol. The normalized spacial score (nSPS) is 102. The molecule has 0 aliphatic heterocycles. The molecule has 20 atom stereocenters. The van der Waals surface area contributed by atoms with Crippen molar-refractivity contribution in [2.45, 2.75) is 0 Å². The molecule has 0 aromatic rings. The van der Waals surface area contributed by atoms with Gasteiger partial charge in [-0.3, -0.25) is 0 Å². The van der Waals surface area contributed by atoms with Crippen molar-refractivity contribution in [3.8, 4) is 6.07 Å². The number of nitriles is 1. The minimum absolute atomic E-state index is 0.248. The molecule has 0 bridgehead atoms.